The second-order valence-corrected chi connectivity index (χ2v) is 5.80. The third-order valence-corrected chi connectivity index (χ3v) is 4.37. The Morgan fingerprint density at radius 2 is 1.94 bits per heavy atom. The van der Waals surface area contributed by atoms with Gasteiger partial charge in [-0.2, -0.15) is 0 Å². The van der Waals surface area contributed by atoms with Crippen molar-refractivity contribution in [1.82, 2.24) is 10.2 Å². The van der Waals surface area contributed by atoms with Crippen molar-refractivity contribution in [3.63, 3.8) is 0 Å². The molecule has 0 aromatic heterocycles. The van der Waals surface area contributed by atoms with Crippen LogP contribution < -0.4 is 5.32 Å². The van der Waals surface area contributed by atoms with Gasteiger partial charge in [0, 0.05) is 6.54 Å². The number of amides is 2. The van der Waals surface area contributed by atoms with E-state index in [4.69, 9.17) is 0 Å². The molecule has 94 valence electrons. The van der Waals surface area contributed by atoms with Crippen molar-refractivity contribution >= 4 is 11.8 Å². The predicted molar refractivity (Wildman–Crippen MR) is 63.3 cm³/mol. The van der Waals surface area contributed by atoms with Gasteiger partial charge in [-0.15, -0.1) is 0 Å². The summed E-state index contributed by atoms with van der Waals surface area (Å²) >= 11 is 0. The molecule has 3 rings (SSSR count). The molecule has 0 aromatic carbocycles. The van der Waals surface area contributed by atoms with E-state index >= 15 is 0 Å². The summed E-state index contributed by atoms with van der Waals surface area (Å²) in [7, 11) is 0. The van der Waals surface area contributed by atoms with Crippen LogP contribution in [0.15, 0.2) is 0 Å². The maximum Gasteiger partial charge on any atom is 0.248 e. The van der Waals surface area contributed by atoms with Gasteiger partial charge < -0.3 is 10.2 Å². The van der Waals surface area contributed by atoms with Crippen molar-refractivity contribution in [3.05, 3.63) is 0 Å². The van der Waals surface area contributed by atoms with E-state index in [1.807, 2.05) is 0 Å². The molecule has 0 atom stereocenters. The fraction of sp³-hybridized carbons (Fsp3) is 0.846. The highest BCUT2D eigenvalue weighted by atomic mass is 16.2. The summed E-state index contributed by atoms with van der Waals surface area (Å²) in [6, 6.07) is 0. The standard InChI is InChI=1S/C13H20N2O2/c16-11-9-15(8-5-10-3-4-10)12(17)13(14-11)6-1-2-7-13/h10H,1-9H2,(H,14,16). The third-order valence-electron chi connectivity index (χ3n) is 4.37. The molecule has 2 amide bonds. The maximum atomic E-state index is 12.4. The second kappa shape index (κ2) is 4.00. The number of nitrogens with one attached hydrogen (secondary N) is 1. The fourth-order valence-corrected chi connectivity index (χ4v) is 3.15. The molecule has 1 aliphatic heterocycles. The molecule has 17 heavy (non-hydrogen) atoms. The Morgan fingerprint density at radius 3 is 2.59 bits per heavy atom. The van der Waals surface area contributed by atoms with Crippen LogP contribution in [-0.2, 0) is 9.59 Å². The van der Waals surface area contributed by atoms with E-state index in [0.29, 0.717) is 0 Å². The SMILES string of the molecule is O=C1CN(CCC2CC2)C(=O)C2(CCCC2)N1. The molecule has 1 saturated heterocycles. The molecule has 2 aliphatic carbocycles. The van der Waals surface area contributed by atoms with Crippen LogP contribution in [0.1, 0.15) is 44.9 Å². The molecular weight excluding hydrogens is 216 g/mol. The molecular formula is C13H20N2O2. The normalized spacial score (nSPS) is 27.6. The van der Waals surface area contributed by atoms with Crippen LogP contribution in [0.4, 0.5) is 0 Å². The van der Waals surface area contributed by atoms with E-state index < -0.39 is 5.54 Å². The zero-order chi connectivity index (χ0) is 11.9. The first kappa shape index (κ1) is 11.1. The Bertz CT molecular complexity index is 343. The lowest BCUT2D eigenvalue weighted by molar-refractivity contribution is -0.149. The maximum absolute atomic E-state index is 12.4. The number of hydrogen-bond acceptors (Lipinski definition) is 2. The Kier molecular flexibility index (Phi) is 2.60. The highest BCUT2D eigenvalue weighted by molar-refractivity contribution is 5.98. The highest BCUT2D eigenvalue weighted by Gasteiger charge is 2.48. The van der Waals surface area contributed by atoms with Crippen molar-refractivity contribution in [2.45, 2.75) is 50.5 Å². The Morgan fingerprint density at radius 1 is 1.24 bits per heavy atom. The summed E-state index contributed by atoms with van der Waals surface area (Å²) in [5, 5.41) is 2.94. The van der Waals surface area contributed by atoms with Crippen molar-refractivity contribution in [3.8, 4) is 0 Å². The Labute approximate surface area is 102 Å². The van der Waals surface area contributed by atoms with Gasteiger partial charge >= 0.3 is 0 Å². The predicted octanol–water partition coefficient (Wildman–Crippen LogP) is 1.06. The quantitative estimate of drug-likeness (QED) is 0.796. The van der Waals surface area contributed by atoms with Crippen molar-refractivity contribution in [1.29, 1.82) is 0 Å². The first-order valence-electron chi connectivity index (χ1n) is 6.80. The molecule has 0 radical (unpaired) electrons. The minimum Gasteiger partial charge on any atom is -0.340 e. The van der Waals surface area contributed by atoms with Gasteiger partial charge in [-0.05, 0) is 25.2 Å². The summed E-state index contributed by atoms with van der Waals surface area (Å²) in [6.07, 6.45) is 7.47. The van der Waals surface area contributed by atoms with Crippen LogP contribution >= 0.6 is 0 Å². The molecule has 2 saturated carbocycles. The van der Waals surface area contributed by atoms with E-state index in [2.05, 4.69) is 5.32 Å². The Balaban J connectivity index is 1.69. The number of rotatable bonds is 3. The number of piperazine rings is 1. The molecule has 4 nitrogen and oxygen atoms in total. The molecule has 1 spiro atoms. The van der Waals surface area contributed by atoms with Gasteiger partial charge in [0.05, 0.1) is 6.54 Å². The van der Waals surface area contributed by atoms with Crippen LogP contribution in [0.25, 0.3) is 0 Å². The van der Waals surface area contributed by atoms with E-state index in [0.717, 1.165) is 44.6 Å². The number of nitrogens with zero attached hydrogens (tertiary/aromatic N) is 1. The topological polar surface area (TPSA) is 49.4 Å². The van der Waals surface area contributed by atoms with Crippen LogP contribution in [-0.4, -0.2) is 35.3 Å². The molecule has 3 fully saturated rings. The fourth-order valence-electron chi connectivity index (χ4n) is 3.15. The molecule has 0 aromatic rings. The Hall–Kier alpha value is -1.06. The summed E-state index contributed by atoms with van der Waals surface area (Å²) < 4.78 is 0. The monoisotopic (exact) mass is 236 g/mol. The van der Waals surface area contributed by atoms with Gasteiger partial charge in [0.15, 0.2) is 0 Å². The van der Waals surface area contributed by atoms with Crippen molar-refractivity contribution < 1.29 is 9.59 Å². The van der Waals surface area contributed by atoms with Gasteiger partial charge in [0.1, 0.15) is 5.54 Å². The molecule has 4 heteroatoms. The van der Waals surface area contributed by atoms with Gasteiger partial charge in [-0.1, -0.05) is 25.7 Å². The summed E-state index contributed by atoms with van der Waals surface area (Å²) in [5.74, 6) is 1.02. The van der Waals surface area contributed by atoms with Crippen LogP contribution in [0.5, 0.6) is 0 Å². The van der Waals surface area contributed by atoms with Gasteiger partial charge in [0.2, 0.25) is 11.8 Å². The number of hydrogen-bond donors (Lipinski definition) is 1. The average molecular weight is 236 g/mol. The van der Waals surface area contributed by atoms with Gasteiger partial charge in [0.25, 0.3) is 0 Å². The number of carbonyl (C=O) groups excluding carboxylic acids is 2. The third kappa shape index (κ3) is 2.05. The first-order valence-corrected chi connectivity index (χ1v) is 6.80. The largest absolute Gasteiger partial charge is 0.340 e. The van der Waals surface area contributed by atoms with E-state index in [9.17, 15) is 9.59 Å². The second-order valence-electron chi connectivity index (χ2n) is 5.80. The minimum atomic E-state index is -0.529. The molecule has 3 aliphatic rings. The summed E-state index contributed by atoms with van der Waals surface area (Å²) in [6.45, 7) is 1.05. The highest BCUT2D eigenvalue weighted by Crippen LogP contribution is 2.35. The van der Waals surface area contributed by atoms with Crippen LogP contribution in [0.2, 0.25) is 0 Å². The molecule has 1 N–H and O–H groups in total. The van der Waals surface area contributed by atoms with E-state index in [1.54, 1.807) is 4.90 Å². The lowest BCUT2D eigenvalue weighted by atomic mass is 9.93. The van der Waals surface area contributed by atoms with Crippen LogP contribution in [0, 0.1) is 5.92 Å². The zero-order valence-electron chi connectivity index (χ0n) is 10.2. The zero-order valence-corrected chi connectivity index (χ0v) is 10.2. The van der Waals surface area contributed by atoms with Crippen molar-refractivity contribution in [2.75, 3.05) is 13.1 Å². The number of carbonyl (C=O) groups is 2. The van der Waals surface area contributed by atoms with Gasteiger partial charge in [-0.3, -0.25) is 9.59 Å². The summed E-state index contributed by atoms with van der Waals surface area (Å²) in [4.78, 5) is 26.0. The van der Waals surface area contributed by atoms with E-state index in [1.165, 1.54) is 12.8 Å². The molecule has 1 heterocycles. The summed E-state index contributed by atoms with van der Waals surface area (Å²) in [5.41, 5.74) is -0.529. The molecule has 0 unspecified atom stereocenters. The first-order chi connectivity index (χ1) is 8.20. The smallest absolute Gasteiger partial charge is 0.248 e. The van der Waals surface area contributed by atoms with E-state index in [-0.39, 0.29) is 18.4 Å². The lowest BCUT2D eigenvalue weighted by Gasteiger charge is -2.39. The molecule has 0 bridgehead atoms. The minimum absolute atomic E-state index is 0.0299. The lowest BCUT2D eigenvalue weighted by Crippen LogP contribution is -2.65. The average Bonchev–Trinajstić information content (AvgIpc) is 3.02. The van der Waals surface area contributed by atoms with Crippen molar-refractivity contribution in [2.24, 2.45) is 5.92 Å². The van der Waals surface area contributed by atoms with Crippen LogP contribution in [0.3, 0.4) is 0 Å². The van der Waals surface area contributed by atoms with Gasteiger partial charge in [-0.25, -0.2) is 0 Å².